The van der Waals surface area contributed by atoms with E-state index in [4.69, 9.17) is 4.74 Å². The van der Waals surface area contributed by atoms with Gasteiger partial charge in [0, 0.05) is 56.0 Å². The predicted molar refractivity (Wildman–Crippen MR) is 137 cm³/mol. The Balaban J connectivity index is 1.36. The van der Waals surface area contributed by atoms with Crippen LogP contribution in [0.15, 0.2) is 73.1 Å². The molecule has 8 nitrogen and oxygen atoms in total. The molecule has 0 saturated carbocycles. The van der Waals surface area contributed by atoms with Crippen molar-refractivity contribution in [3.05, 3.63) is 101 Å². The van der Waals surface area contributed by atoms with Gasteiger partial charge in [-0.2, -0.15) is 0 Å². The highest BCUT2D eigenvalue weighted by Gasteiger charge is 2.54. The lowest BCUT2D eigenvalue weighted by molar-refractivity contribution is -0.128. The maximum atomic E-state index is 13.9. The van der Waals surface area contributed by atoms with Gasteiger partial charge < -0.3 is 15.0 Å². The first-order chi connectivity index (χ1) is 18.4. The third-order valence-electron chi connectivity index (χ3n) is 7.16. The van der Waals surface area contributed by atoms with E-state index in [1.807, 2.05) is 25.1 Å². The van der Waals surface area contributed by atoms with E-state index in [-0.39, 0.29) is 30.9 Å². The number of aryl methyl sites for hydroxylation is 1. The van der Waals surface area contributed by atoms with Crippen LogP contribution in [-0.2, 0) is 16.1 Å². The summed E-state index contributed by atoms with van der Waals surface area (Å²) in [5, 5.41) is 2.92. The van der Waals surface area contributed by atoms with Crippen molar-refractivity contribution in [3.63, 3.8) is 0 Å². The first kappa shape index (κ1) is 25.5. The normalized spacial score (nSPS) is 18.4. The molecule has 0 aliphatic carbocycles. The lowest BCUT2D eigenvalue weighted by atomic mass is 9.95. The van der Waals surface area contributed by atoms with Crippen LogP contribution in [0.5, 0.6) is 0 Å². The van der Waals surface area contributed by atoms with E-state index in [9.17, 15) is 18.8 Å². The topological polar surface area (TPSA) is 91.8 Å². The molecule has 0 unspecified atom stereocenters. The van der Waals surface area contributed by atoms with Crippen molar-refractivity contribution in [2.24, 2.45) is 0 Å². The van der Waals surface area contributed by atoms with Gasteiger partial charge in [0.05, 0.1) is 6.61 Å². The van der Waals surface area contributed by atoms with Crippen molar-refractivity contribution >= 4 is 17.7 Å². The Morgan fingerprint density at radius 2 is 1.79 bits per heavy atom. The fourth-order valence-electron chi connectivity index (χ4n) is 5.13. The number of hydrogen-bond acceptors (Lipinski definition) is 5. The molecular weight excluding hydrogens is 487 g/mol. The quantitative estimate of drug-likeness (QED) is 0.562. The van der Waals surface area contributed by atoms with Crippen molar-refractivity contribution in [1.29, 1.82) is 0 Å². The van der Waals surface area contributed by atoms with Gasteiger partial charge in [0.25, 0.3) is 11.8 Å². The zero-order valence-electron chi connectivity index (χ0n) is 21.1. The summed E-state index contributed by atoms with van der Waals surface area (Å²) in [4.78, 5) is 47.5. The summed E-state index contributed by atoms with van der Waals surface area (Å²) in [7, 11) is 0. The molecule has 3 heterocycles. The van der Waals surface area contributed by atoms with Gasteiger partial charge in [-0.1, -0.05) is 23.8 Å². The van der Waals surface area contributed by atoms with Crippen LogP contribution in [0.25, 0.3) is 0 Å². The van der Waals surface area contributed by atoms with Crippen LogP contribution >= 0.6 is 0 Å². The minimum absolute atomic E-state index is 0.0579. The van der Waals surface area contributed by atoms with Crippen LogP contribution < -0.4 is 5.32 Å². The van der Waals surface area contributed by atoms with Gasteiger partial charge in [-0.3, -0.25) is 24.3 Å². The largest absolute Gasteiger partial charge is 0.353 e. The molecule has 0 radical (unpaired) electrons. The summed E-state index contributed by atoms with van der Waals surface area (Å²) in [5.41, 5.74) is 1.64. The van der Waals surface area contributed by atoms with Gasteiger partial charge in [-0.25, -0.2) is 4.39 Å². The number of amides is 3. The number of halogens is 1. The van der Waals surface area contributed by atoms with Crippen molar-refractivity contribution in [2.45, 2.75) is 38.1 Å². The highest BCUT2D eigenvalue weighted by atomic mass is 19.1. The van der Waals surface area contributed by atoms with Gasteiger partial charge >= 0.3 is 0 Å². The molecule has 2 aliphatic rings. The summed E-state index contributed by atoms with van der Waals surface area (Å²) in [5.74, 6) is -1.21. The Bertz CT molecular complexity index is 1320. The second-order valence-electron chi connectivity index (χ2n) is 9.70. The molecule has 3 amide bonds. The molecule has 196 valence electrons. The van der Waals surface area contributed by atoms with E-state index >= 15 is 0 Å². The zero-order chi connectivity index (χ0) is 26.7. The Kier molecular flexibility index (Phi) is 7.20. The number of benzene rings is 2. The number of nitrogens with one attached hydrogen (secondary N) is 1. The average Bonchev–Trinajstić information content (AvgIpc) is 3.30. The number of hydrogen-bond donors (Lipinski definition) is 1. The van der Waals surface area contributed by atoms with Gasteiger partial charge in [0.1, 0.15) is 17.6 Å². The molecule has 1 aromatic heterocycles. The maximum absolute atomic E-state index is 13.9. The fourth-order valence-corrected chi connectivity index (χ4v) is 5.13. The number of aromatic nitrogens is 1. The Labute approximate surface area is 220 Å². The number of rotatable bonds is 5. The number of piperidine rings is 1. The molecule has 2 fully saturated rings. The van der Waals surface area contributed by atoms with Gasteiger partial charge in [-0.05, 0) is 55.0 Å². The van der Waals surface area contributed by atoms with Gasteiger partial charge in [0.2, 0.25) is 5.91 Å². The first-order valence-corrected chi connectivity index (χ1v) is 12.6. The van der Waals surface area contributed by atoms with Gasteiger partial charge in [0.15, 0.2) is 0 Å². The van der Waals surface area contributed by atoms with Crippen molar-refractivity contribution in [1.82, 2.24) is 20.1 Å². The molecule has 1 N–H and O–H groups in total. The number of ether oxygens (including phenoxy) is 1. The van der Waals surface area contributed by atoms with E-state index in [1.165, 1.54) is 24.3 Å². The van der Waals surface area contributed by atoms with Crippen LogP contribution in [0.1, 0.15) is 44.7 Å². The van der Waals surface area contributed by atoms with E-state index in [0.717, 1.165) is 11.1 Å². The number of pyridine rings is 1. The lowest BCUT2D eigenvalue weighted by Gasteiger charge is -2.44. The number of nitrogens with zero attached hydrogens (tertiary/aromatic N) is 3. The predicted octanol–water partition coefficient (Wildman–Crippen LogP) is 3.32. The van der Waals surface area contributed by atoms with Crippen LogP contribution in [0, 0.1) is 12.7 Å². The summed E-state index contributed by atoms with van der Waals surface area (Å²) in [6, 6.07) is 15.5. The molecule has 0 bridgehead atoms. The minimum atomic E-state index is -1.02. The molecule has 1 atom stereocenters. The molecular formula is C29H29FN4O4. The Morgan fingerprint density at radius 3 is 2.47 bits per heavy atom. The average molecular weight is 517 g/mol. The molecule has 5 rings (SSSR count). The Morgan fingerprint density at radius 1 is 1.03 bits per heavy atom. The summed E-state index contributed by atoms with van der Waals surface area (Å²) in [6.07, 6.45) is 4.04. The Hall–Kier alpha value is -4.11. The van der Waals surface area contributed by atoms with E-state index < -0.39 is 17.6 Å². The number of likely N-dealkylation sites (tertiary alicyclic amines) is 1. The summed E-state index contributed by atoms with van der Waals surface area (Å²) in [6.45, 7) is 2.91. The van der Waals surface area contributed by atoms with Crippen molar-refractivity contribution in [2.75, 3.05) is 19.7 Å². The molecule has 2 aromatic carbocycles. The van der Waals surface area contributed by atoms with Gasteiger partial charge in [-0.15, -0.1) is 0 Å². The molecule has 2 saturated heterocycles. The lowest BCUT2D eigenvalue weighted by Crippen LogP contribution is -2.59. The first-order valence-electron chi connectivity index (χ1n) is 12.6. The van der Waals surface area contributed by atoms with E-state index in [0.29, 0.717) is 37.1 Å². The SMILES string of the molecule is Cc1cccc(C(=O)N2[C@H](C(=O)NCc3cccnc3)COC23CCN(C(=O)c2ccc(F)cc2)CC3)c1. The number of carbonyl (C=O) groups excluding carboxylic acids is 3. The second-order valence-corrected chi connectivity index (χ2v) is 9.70. The van der Waals surface area contributed by atoms with Crippen LogP contribution in [0.3, 0.4) is 0 Å². The molecule has 9 heteroatoms. The second kappa shape index (κ2) is 10.7. The van der Waals surface area contributed by atoms with E-state index in [1.54, 1.807) is 40.4 Å². The number of carbonyl (C=O) groups is 3. The van der Waals surface area contributed by atoms with Crippen molar-refractivity contribution in [3.8, 4) is 0 Å². The molecule has 2 aliphatic heterocycles. The third kappa shape index (κ3) is 5.15. The highest BCUT2D eigenvalue weighted by Crippen LogP contribution is 2.39. The highest BCUT2D eigenvalue weighted by molar-refractivity contribution is 5.99. The minimum Gasteiger partial charge on any atom is -0.353 e. The summed E-state index contributed by atoms with van der Waals surface area (Å²) >= 11 is 0. The zero-order valence-corrected chi connectivity index (χ0v) is 21.1. The third-order valence-corrected chi connectivity index (χ3v) is 7.16. The standard InChI is InChI=1S/C29H29FN4O4/c1-20-4-2-6-23(16-20)28(37)34-25(26(35)32-18-21-5-3-13-31-17-21)19-38-29(34)11-14-33(15-12-29)27(36)22-7-9-24(30)10-8-22/h2-10,13,16-17,25H,11-12,14-15,18-19H2,1H3,(H,32,35)/t25-/m0/s1. The van der Waals surface area contributed by atoms with Crippen LogP contribution in [0.4, 0.5) is 4.39 Å². The molecule has 1 spiro atoms. The smallest absolute Gasteiger partial charge is 0.256 e. The molecule has 38 heavy (non-hydrogen) atoms. The van der Waals surface area contributed by atoms with Crippen LogP contribution in [0.2, 0.25) is 0 Å². The van der Waals surface area contributed by atoms with Crippen LogP contribution in [-0.4, -0.2) is 64.0 Å². The summed E-state index contributed by atoms with van der Waals surface area (Å²) < 4.78 is 19.6. The van der Waals surface area contributed by atoms with E-state index in [2.05, 4.69) is 10.3 Å². The molecule has 3 aromatic rings. The van der Waals surface area contributed by atoms with Crippen molar-refractivity contribution < 1.29 is 23.5 Å². The monoisotopic (exact) mass is 516 g/mol. The fraction of sp³-hybridized carbons (Fsp3) is 0.310. The maximum Gasteiger partial charge on any atom is 0.256 e.